The zero-order chi connectivity index (χ0) is 101. The molecule has 0 spiro atoms. The highest BCUT2D eigenvalue weighted by Gasteiger charge is 2.43. The molecule has 13 unspecified atom stereocenters. The number of hydrogen-bond donors (Lipinski definition) is 23. The lowest BCUT2D eigenvalue weighted by Crippen LogP contribution is -2.63. The van der Waals surface area contributed by atoms with E-state index in [1.807, 2.05) is 0 Å². The minimum absolute atomic E-state index is 0.00832. The van der Waals surface area contributed by atoms with E-state index in [0.29, 0.717) is 45.1 Å². The molecule has 1 saturated heterocycles. The topological polar surface area (TPSA) is 675 Å². The third-order valence-corrected chi connectivity index (χ3v) is 22.0. The van der Waals surface area contributed by atoms with Gasteiger partial charge in [-0.05, 0) is 209 Å². The molecule has 756 valence electrons. The van der Waals surface area contributed by atoms with E-state index in [4.69, 9.17) is 33.4 Å². The molecule has 42 nitrogen and oxygen atoms in total. The standard InChI is InChI=1S/C90H166N22O20/c1-22-54(18)71(111-83(125)67(43-51(12)13)107-80(122)64(40-48(6)7)103-74(116)56(20)98-78(120)62(38-46(2)3)108-85(127)69(114)45-113)87(129)101-60(33-29-37-96-90(94)95)77(119)104-65(41-49(8)9)81(123)106-66(42-50(10)11)82(124)110-70(53(16)17)86(128)100-59(31-24-27-35-92)76(118)105-68(44-52(14)15)84(126)112-72-57(21)132-89(131)61(32-25-28-36-93)102-75(117)58(30-23-26-34-91)99-73(115)55(19)97-79(121)63(39-47(4)5)109-88(72)130/h46-72,113-114H,22-45,91-93H2,1-21H3,(H,97,121)(H,98,120)(H,99,115)(H,100,128)(H,101,129)(H,102,117)(H,103,116)(H,104,119)(H,105,118)(H,106,123)(H,107,122)(H,108,127)(H,109,130)(H,110,124)(H,111,125)(H,112,126)(H4,94,95,96)/t54?,55-,56-,57?,58?,59?,60-,61?,62?,63?,64?,65?,66?,67?,68?,69?,70-,71+,72+/m1/s1. The van der Waals surface area contributed by atoms with E-state index in [1.165, 1.54) is 20.8 Å². The van der Waals surface area contributed by atoms with E-state index in [-0.39, 0.29) is 150 Å². The maximum absolute atomic E-state index is 15.0. The van der Waals surface area contributed by atoms with Gasteiger partial charge in [0.2, 0.25) is 88.6 Å². The number of nitrogens with two attached hydrogens (primary N) is 5. The Bertz CT molecular complexity index is 3710. The number of aliphatic hydroxyl groups is 2. The molecule has 0 aromatic carbocycles. The molecule has 42 heteroatoms. The van der Waals surface area contributed by atoms with Gasteiger partial charge in [0.25, 0.3) is 5.91 Å². The van der Waals surface area contributed by atoms with Gasteiger partial charge >= 0.3 is 5.97 Å². The third kappa shape index (κ3) is 46.1. The number of carbonyl (C=O) groups excluding carboxylic acids is 17. The summed E-state index contributed by atoms with van der Waals surface area (Å²) in [6, 6.07) is -21.8. The number of ether oxygens (including phenoxy) is 1. The predicted molar refractivity (Wildman–Crippen MR) is 500 cm³/mol. The second-order valence-electron chi connectivity index (χ2n) is 38.3. The van der Waals surface area contributed by atoms with Crippen molar-refractivity contribution in [2.75, 3.05) is 32.8 Å². The van der Waals surface area contributed by atoms with Crippen molar-refractivity contribution in [1.82, 2.24) is 85.1 Å². The number of rotatable bonds is 58. The molecular formula is C90H166N22O20. The number of amides is 16. The molecule has 1 aliphatic heterocycles. The average molecular weight is 1880 g/mol. The molecule has 1 aliphatic rings. The third-order valence-electron chi connectivity index (χ3n) is 22.0. The van der Waals surface area contributed by atoms with Crippen molar-refractivity contribution in [3.05, 3.63) is 0 Å². The van der Waals surface area contributed by atoms with Gasteiger partial charge in [0, 0.05) is 6.54 Å². The van der Waals surface area contributed by atoms with Crippen molar-refractivity contribution in [1.29, 1.82) is 0 Å². The first kappa shape index (κ1) is 120. The van der Waals surface area contributed by atoms with Crippen molar-refractivity contribution in [3.63, 3.8) is 0 Å². The fourth-order valence-electron chi connectivity index (χ4n) is 14.5. The fraction of sp³-hybridized carbons (Fsp3) is 0.800. The number of aliphatic hydroxyl groups excluding tert-OH is 2. The van der Waals surface area contributed by atoms with Crippen LogP contribution >= 0.6 is 0 Å². The Morgan fingerprint density at radius 3 is 1.14 bits per heavy atom. The predicted octanol–water partition coefficient (Wildman–Crippen LogP) is -1.45. The number of aliphatic imine (C=N–C) groups is 1. The maximum Gasteiger partial charge on any atom is 0.328 e. The molecule has 16 amide bonds. The van der Waals surface area contributed by atoms with Crippen LogP contribution in [0.2, 0.25) is 0 Å². The lowest BCUT2D eigenvalue weighted by Gasteiger charge is -2.32. The molecule has 1 heterocycles. The number of hydrogen-bond acceptors (Lipinski definition) is 24. The van der Waals surface area contributed by atoms with Gasteiger partial charge in [-0.1, -0.05) is 131 Å². The van der Waals surface area contributed by atoms with Crippen LogP contribution in [0.15, 0.2) is 4.99 Å². The summed E-state index contributed by atoms with van der Waals surface area (Å²) >= 11 is 0. The largest absolute Gasteiger partial charge is 0.458 e. The lowest BCUT2D eigenvalue weighted by molar-refractivity contribution is -0.156. The molecule has 132 heavy (non-hydrogen) atoms. The summed E-state index contributed by atoms with van der Waals surface area (Å²) < 4.78 is 5.96. The van der Waals surface area contributed by atoms with Crippen molar-refractivity contribution in [3.8, 4) is 0 Å². The quantitative estimate of drug-likeness (QED) is 0.0143. The van der Waals surface area contributed by atoms with Gasteiger partial charge in [0.05, 0.1) is 6.61 Å². The van der Waals surface area contributed by atoms with E-state index in [1.54, 1.807) is 125 Å². The van der Waals surface area contributed by atoms with E-state index < -0.39 is 228 Å². The van der Waals surface area contributed by atoms with Gasteiger partial charge in [0.15, 0.2) is 12.1 Å². The second kappa shape index (κ2) is 62.5. The van der Waals surface area contributed by atoms with Crippen LogP contribution in [0, 0.1) is 53.3 Å². The number of guanidine groups is 1. The molecule has 19 atom stereocenters. The van der Waals surface area contributed by atoms with Crippen LogP contribution in [0.4, 0.5) is 0 Å². The van der Waals surface area contributed by atoms with E-state index in [9.17, 15) is 86.9 Å². The molecule has 0 aromatic heterocycles. The Morgan fingerprint density at radius 2 is 0.735 bits per heavy atom. The number of nitrogens with one attached hydrogen (secondary N) is 16. The van der Waals surface area contributed by atoms with Gasteiger partial charge in [0.1, 0.15) is 103 Å². The van der Waals surface area contributed by atoms with Crippen LogP contribution in [0.5, 0.6) is 0 Å². The molecule has 1 rings (SSSR count). The van der Waals surface area contributed by atoms with Gasteiger partial charge in [-0.3, -0.25) is 81.7 Å². The van der Waals surface area contributed by atoms with Crippen LogP contribution in [-0.4, -0.2) is 258 Å². The van der Waals surface area contributed by atoms with E-state index >= 15 is 4.79 Å². The highest BCUT2D eigenvalue weighted by atomic mass is 16.5. The molecule has 0 bridgehead atoms. The molecule has 0 radical (unpaired) electrons. The first-order valence-corrected chi connectivity index (χ1v) is 47.3. The Labute approximate surface area is 780 Å². The van der Waals surface area contributed by atoms with Gasteiger partial charge in [-0.15, -0.1) is 0 Å². The van der Waals surface area contributed by atoms with Crippen LogP contribution in [0.25, 0.3) is 0 Å². The van der Waals surface area contributed by atoms with Gasteiger partial charge in [-0.2, -0.15) is 0 Å². The molecular weight excluding hydrogens is 1710 g/mol. The van der Waals surface area contributed by atoms with Crippen molar-refractivity contribution >= 4 is 106 Å². The summed E-state index contributed by atoms with van der Waals surface area (Å²) in [6.45, 7) is 35.6. The van der Waals surface area contributed by atoms with Crippen LogP contribution in [0.3, 0.4) is 0 Å². The molecule has 28 N–H and O–H groups in total. The Balaban J connectivity index is 3.89. The SMILES string of the molecule is CCC(C)[C@H](NC(=O)C(CC(C)C)NC(=O)C(CC(C)C)NC(=O)[C@@H](C)NC(=O)C(CC(C)C)NC(=O)C(O)CO)C(=O)N[C@H](CCCN=C(N)N)C(=O)NC(CC(C)C)C(=O)NC(CC(C)C)C(=O)N[C@@H](C(=O)NC(CCCCN)C(=O)NC(CC(C)C)C(=O)N[C@@H]1C(=O)NC(CC(C)C)C(=O)N[C@H](C)C(=O)NC(CCCCN)C(=O)NC(CCCCN)C(=O)OC1C)C(C)C. The zero-order valence-corrected chi connectivity index (χ0v) is 82.1. The van der Waals surface area contributed by atoms with Crippen molar-refractivity contribution < 1.29 is 96.5 Å². The summed E-state index contributed by atoms with van der Waals surface area (Å²) in [7, 11) is 0. The number of carbonyl (C=O) groups is 17. The summed E-state index contributed by atoms with van der Waals surface area (Å²) in [5, 5.41) is 62.4. The molecule has 0 saturated carbocycles. The first-order valence-electron chi connectivity index (χ1n) is 47.3. The lowest BCUT2D eigenvalue weighted by atomic mass is 9.95. The van der Waals surface area contributed by atoms with Crippen LogP contribution in [-0.2, 0) is 86.2 Å². The van der Waals surface area contributed by atoms with Crippen molar-refractivity contribution in [2.45, 2.75) is 376 Å². The summed E-state index contributed by atoms with van der Waals surface area (Å²) in [5.41, 5.74) is 28.9. The fourth-order valence-corrected chi connectivity index (χ4v) is 14.5. The summed E-state index contributed by atoms with van der Waals surface area (Å²) in [5.74, 6) is -17.7. The Hall–Kier alpha value is -9.94. The highest BCUT2D eigenvalue weighted by Crippen LogP contribution is 2.20. The van der Waals surface area contributed by atoms with Crippen LogP contribution < -0.4 is 114 Å². The Kier molecular flexibility index (Phi) is 56.9. The monoisotopic (exact) mass is 1880 g/mol. The number of cyclic esters (lactones) is 1. The Morgan fingerprint density at radius 1 is 0.386 bits per heavy atom. The van der Waals surface area contributed by atoms with Crippen LogP contribution in [0.1, 0.15) is 267 Å². The second-order valence-corrected chi connectivity index (χ2v) is 38.3. The average Bonchev–Trinajstić information content (AvgIpc) is 0.834. The minimum atomic E-state index is -1.81. The number of esters is 1. The normalized spacial score (nSPS) is 19.5. The molecule has 0 aromatic rings. The number of nitrogens with zero attached hydrogens (tertiary/aromatic N) is 1. The van der Waals surface area contributed by atoms with E-state index in [0.717, 1.165) is 0 Å². The van der Waals surface area contributed by atoms with Gasteiger partial charge < -0.3 is 129 Å². The van der Waals surface area contributed by atoms with E-state index in [2.05, 4.69) is 90.1 Å². The van der Waals surface area contributed by atoms with Crippen molar-refractivity contribution in [2.24, 2.45) is 86.9 Å². The summed E-state index contributed by atoms with van der Waals surface area (Å²) in [6.07, 6.45) is -0.510. The zero-order valence-electron chi connectivity index (χ0n) is 82.1. The first-order chi connectivity index (χ1) is 61.7. The summed E-state index contributed by atoms with van der Waals surface area (Å²) in [4.78, 5) is 249. The highest BCUT2D eigenvalue weighted by molar-refractivity contribution is 6.01. The number of unbranched alkanes of at least 4 members (excludes halogenated alkanes) is 3. The molecule has 0 aliphatic carbocycles. The molecule has 1 fully saturated rings. The minimum Gasteiger partial charge on any atom is -0.458 e. The smallest absolute Gasteiger partial charge is 0.328 e. The van der Waals surface area contributed by atoms with Gasteiger partial charge in [-0.25, -0.2) is 4.79 Å². The maximum atomic E-state index is 15.0.